The minimum Gasteiger partial charge on any atom is -0.486 e. The second kappa shape index (κ2) is 6.51. The molecule has 0 fully saturated rings. The molecule has 110 valence electrons. The van der Waals surface area contributed by atoms with Gasteiger partial charge in [0.15, 0.2) is 5.13 Å². The van der Waals surface area contributed by atoms with E-state index in [0.29, 0.717) is 16.6 Å². The number of hydrogen-bond donors (Lipinski definition) is 1. The zero-order valence-electron chi connectivity index (χ0n) is 10.8. The topological polar surface area (TPSA) is 94.4 Å². The van der Waals surface area contributed by atoms with E-state index in [1.165, 1.54) is 36.5 Å². The van der Waals surface area contributed by atoms with Gasteiger partial charge in [0.2, 0.25) is 5.91 Å². The number of halogens is 1. The molecule has 2 aromatic rings. The molecule has 1 aromatic carbocycles. The van der Waals surface area contributed by atoms with Crippen LogP contribution in [0.3, 0.4) is 0 Å². The van der Waals surface area contributed by atoms with Crippen molar-refractivity contribution in [2.24, 2.45) is 0 Å². The largest absolute Gasteiger partial charge is 0.486 e. The molecule has 2 rings (SSSR count). The highest BCUT2D eigenvalue weighted by atomic mass is 35.5. The maximum absolute atomic E-state index is 10.9. The molecular weight excluding hydrogens is 318 g/mol. The van der Waals surface area contributed by atoms with Crippen LogP contribution in [0, 0.1) is 10.1 Å². The average molecular weight is 328 g/mol. The van der Waals surface area contributed by atoms with E-state index in [9.17, 15) is 14.9 Å². The molecule has 0 unspecified atom stereocenters. The van der Waals surface area contributed by atoms with Crippen molar-refractivity contribution in [1.29, 1.82) is 0 Å². The first-order valence-electron chi connectivity index (χ1n) is 5.74. The van der Waals surface area contributed by atoms with Gasteiger partial charge in [-0.25, -0.2) is 4.98 Å². The molecule has 0 aliphatic heterocycles. The van der Waals surface area contributed by atoms with Crippen molar-refractivity contribution in [1.82, 2.24) is 4.98 Å². The molecule has 21 heavy (non-hydrogen) atoms. The summed E-state index contributed by atoms with van der Waals surface area (Å²) in [5.74, 6) is 0.131. The van der Waals surface area contributed by atoms with Gasteiger partial charge in [0.1, 0.15) is 12.4 Å². The fraction of sp³-hybridized carbons (Fsp3) is 0.167. The highest BCUT2D eigenvalue weighted by molar-refractivity contribution is 7.13. The average Bonchev–Trinajstić information content (AvgIpc) is 2.83. The first-order chi connectivity index (χ1) is 9.95. The molecule has 0 spiro atoms. The zero-order valence-corrected chi connectivity index (χ0v) is 12.4. The molecule has 0 aliphatic carbocycles. The Kier molecular flexibility index (Phi) is 4.71. The molecule has 0 saturated carbocycles. The number of amides is 1. The van der Waals surface area contributed by atoms with E-state index in [1.807, 2.05) is 0 Å². The van der Waals surface area contributed by atoms with Crippen LogP contribution in [0.5, 0.6) is 5.75 Å². The van der Waals surface area contributed by atoms with Crippen LogP contribution < -0.4 is 10.1 Å². The highest BCUT2D eigenvalue weighted by Gasteiger charge is 2.11. The van der Waals surface area contributed by atoms with Gasteiger partial charge in [0, 0.05) is 24.4 Å². The molecule has 0 saturated heterocycles. The lowest BCUT2D eigenvalue weighted by Crippen LogP contribution is -2.05. The Morgan fingerprint density at radius 1 is 1.57 bits per heavy atom. The van der Waals surface area contributed by atoms with Gasteiger partial charge < -0.3 is 10.1 Å². The number of ether oxygens (including phenoxy) is 1. The Hall–Kier alpha value is -2.19. The summed E-state index contributed by atoms with van der Waals surface area (Å²) in [4.78, 5) is 25.1. The first-order valence-corrected chi connectivity index (χ1v) is 7.00. The van der Waals surface area contributed by atoms with Gasteiger partial charge in [0.25, 0.3) is 5.69 Å². The predicted molar refractivity (Wildman–Crippen MR) is 78.9 cm³/mol. The van der Waals surface area contributed by atoms with Crippen LogP contribution in [0.2, 0.25) is 5.02 Å². The molecule has 0 atom stereocenters. The van der Waals surface area contributed by atoms with Crippen molar-refractivity contribution in [2.45, 2.75) is 13.5 Å². The number of nitro benzene ring substituents is 1. The van der Waals surface area contributed by atoms with E-state index in [4.69, 9.17) is 16.3 Å². The number of benzene rings is 1. The zero-order chi connectivity index (χ0) is 15.4. The van der Waals surface area contributed by atoms with Crippen molar-refractivity contribution in [3.05, 3.63) is 44.4 Å². The maximum atomic E-state index is 10.9. The summed E-state index contributed by atoms with van der Waals surface area (Å²) in [6, 6.07) is 3.97. The van der Waals surface area contributed by atoms with Crippen LogP contribution in [0.1, 0.15) is 12.6 Å². The number of nitrogens with zero attached hydrogens (tertiary/aromatic N) is 2. The Morgan fingerprint density at radius 3 is 2.95 bits per heavy atom. The number of anilines is 1. The summed E-state index contributed by atoms with van der Waals surface area (Å²) >= 11 is 7.19. The van der Waals surface area contributed by atoms with Crippen LogP contribution in [0.25, 0.3) is 0 Å². The van der Waals surface area contributed by atoms with Gasteiger partial charge >= 0.3 is 0 Å². The summed E-state index contributed by atoms with van der Waals surface area (Å²) in [5, 5.41) is 15.5. The molecule has 7 nitrogen and oxygen atoms in total. The van der Waals surface area contributed by atoms with E-state index in [0.717, 1.165) is 0 Å². The molecular formula is C12H10ClN3O4S. The van der Waals surface area contributed by atoms with Gasteiger partial charge in [-0.2, -0.15) is 0 Å². The maximum Gasteiger partial charge on any atom is 0.271 e. The number of nitro groups is 1. The second-order valence-corrected chi connectivity index (χ2v) is 5.25. The Balaban J connectivity index is 2.01. The van der Waals surface area contributed by atoms with E-state index in [2.05, 4.69) is 10.3 Å². The molecule has 9 heteroatoms. The number of carbonyl (C=O) groups is 1. The Labute approximate surface area is 128 Å². The predicted octanol–water partition coefficient (Wildman–Crippen LogP) is 3.24. The van der Waals surface area contributed by atoms with Gasteiger partial charge in [-0.05, 0) is 6.07 Å². The van der Waals surface area contributed by atoms with Crippen molar-refractivity contribution in [2.75, 3.05) is 5.32 Å². The third kappa shape index (κ3) is 4.14. The van der Waals surface area contributed by atoms with Crippen LogP contribution in [-0.2, 0) is 11.4 Å². The fourth-order valence-corrected chi connectivity index (χ4v) is 2.42. The van der Waals surface area contributed by atoms with Crippen LogP contribution in [-0.4, -0.2) is 15.8 Å². The number of aromatic nitrogens is 1. The number of rotatable bonds is 5. The fourth-order valence-electron chi connectivity index (χ4n) is 1.45. The molecule has 1 heterocycles. The van der Waals surface area contributed by atoms with Crippen molar-refractivity contribution in [3.63, 3.8) is 0 Å². The molecule has 0 bridgehead atoms. The Bertz CT molecular complexity index is 689. The standard InChI is InChI=1S/C12H10ClN3O4S/c1-7(17)14-12-15-8(6-21-12)5-20-11-3-2-9(16(18)19)4-10(11)13/h2-4,6H,5H2,1H3,(H,14,15,17). The van der Waals surface area contributed by atoms with E-state index in [-0.39, 0.29) is 23.2 Å². The third-order valence-corrected chi connectivity index (χ3v) is 3.44. The minimum absolute atomic E-state index is 0.103. The summed E-state index contributed by atoms with van der Waals surface area (Å²) < 4.78 is 5.45. The number of carbonyl (C=O) groups excluding carboxylic acids is 1. The van der Waals surface area contributed by atoms with Crippen molar-refractivity contribution >= 4 is 39.7 Å². The molecule has 0 aliphatic rings. The van der Waals surface area contributed by atoms with E-state index >= 15 is 0 Å². The second-order valence-electron chi connectivity index (χ2n) is 3.99. The normalized spacial score (nSPS) is 10.2. The summed E-state index contributed by atoms with van der Waals surface area (Å²) in [6.07, 6.45) is 0. The van der Waals surface area contributed by atoms with Crippen molar-refractivity contribution in [3.8, 4) is 5.75 Å². The lowest BCUT2D eigenvalue weighted by molar-refractivity contribution is -0.384. The number of non-ortho nitro benzene ring substituents is 1. The van der Waals surface area contributed by atoms with Crippen LogP contribution >= 0.6 is 22.9 Å². The van der Waals surface area contributed by atoms with E-state index in [1.54, 1.807) is 5.38 Å². The Morgan fingerprint density at radius 2 is 2.33 bits per heavy atom. The van der Waals surface area contributed by atoms with Gasteiger partial charge in [-0.1, -0.05) is 11.6 Å². The molecule has 1 aromatic heterocycles. The third-order valence-electron chi connectivity index (χ3n) is 2.34. The van der Waals surface area contributed by atoms with Crippen LogP contribution in [0.4, 0.5) is 10.8 Å². The molecule has 0 radical (unpaired) electrons. The van der Waals surface area contributed by atoms with Crippen molar-refractivity contribution < 1.29 is 14.5 Å². The summed E-state index contributed by atoms with van der Waals surface area (Å²) in [7, 11) is 0. The first kappa shape index (κ1) is 15.2. The quantitative estimate of drug-likeness (QED) is 0.672. The minimum atomic E-state index is -0.532. The molecule has 1 amide bonds. The lowest BCUT2D eigenvalue weighted by atomic mass is 10.3. The monoisotopic (exact) mass is 327 g/mol. The number of hydrogen-bond acceptors (Lipinski definition) is 6. The number of nitrogens with one attached hydrogen (secondary N) is 1. The summed E-state index contributed by atoms with van der Waals surface area (Å²) in [5.41, 5.74) is 0.520. The van der Waals surface area contributed by atoms with Gasteiger partial charge in [-0.3, -0.25) is 14.9 Å². The van der Waals surface area contributed by atoms with Gasteiger partial charge in [0.05, 0.1) is 15.6 Å². The van der Waals surface area contributed by atoms with Crippen LogP contribution in [0.15, 0.2) is 23.6 Å². The lowest BCUT2D eigenvalue weighted by Gasteiger charge is -2.05. The summed E-state index contributed by atoms with van der Waals surface area (Å²) in [6.45, 7) is 1.54. The van der Waals surface area contributed by atoms with Gasteiger partial charge in [-0.15, -0.1) is 11.3 Å². The SMILES string of the molecule is CC(=O)Nc1nc(COc2ccc([N+](=O)[O-])cc2Cl)cs1. The highest BCUT2D eigenvalue weighted by Crippen LogP contribution is 2.29. The van der Waals surface area contributed by atoms with E-state index < -0.39 is 4.92 Å². The number of thiazole rings is 1. The smallest absolute Gasteiger partial charge is 0.271 e. The molecule has 1 N–H and O–H groups in total.